The highest BCUT2D eigenvalue weighted by molar-refractivity contribution is 5.67. The Bertz CT molecular complexity index is 814. The smallest absolute Gasteiger partial charge is 0.201 e. The molecule has 0 heterocycles. The van der Waals surface area contributed by atoms with Gasteiger partial charge in [-0.15, -0.1) is 0 Å². The summed E-state index contributed by atoms with van der Waals surface area (Å²) in [5.41, 5.74) is -0.747. The molecule has 0 radical (unpaired) electrons. The molecule has 6 heteroatoms. The van der Waals surface area contributed by atoms with Gasteiger partial charge in [0, 0.05) is 11.1 Å². The minimum absolute atomic E-state index is 0.218. The lowest BCUT2D eigenvalue weighted by Crippen LogP contribution is -2.19. The first kappa shape index (κ1) is 19.5. The standard InChI is InChI=1S/C21H22F4O2/c1-12-3-5-13(6-4-12)11-27-17-10-8-15(19(23)21(17)25)14-7-9-16(26-2)20(24)18(14)22/h7-10,12-13H,3-6,11H2,1-2H3. The van der Waals surface area contributed by atoms with Crippen molar-refractivity contribution < 1.29 is 27.0 Å². The molecule has 146 valence electrons. The van der Waals surface area contributed by atoms with E-state index in [1.54, 1.807) is 0 Å². The van der Waals surface area contributed by atoms with Crippen LogP contribution in [0, 0.1) is 35.1 Å². The van der Waals surface area contributed by atoms with Crippen LogP contribution in [0.4, 0.5) is 17.6 Å². The molecule has 27 heavy (non-hydrogen) atoms. The first-order valence-electron chi connectivity index (χ1n) is 9.05. The second-order valence-corrected chi connectivity index (χ2v) is 7.12. The zero-order chi connectivity index (χ0) is 19.6. The third kappa shape index (κ3) is 4.04. The highest BCUT2D eigenvalue weighted by Crippen LogP contribution is 2.35. The maximum atomic E-state index is 14.5. The van der Waals surface area contributed by atoms with Crippen LogP contribution in [-0.4, -0.2) is 13.7 Å². The van der Waals surface area contributed by atoms with Crippen LogP contribution < -0.4 is 9.47 Å². The van der Waals surface area contributed by atoms with E-state index in [2.05, 4.69) is 11.7 Å². The van der Waals surface area contributed by atoms with Gasteiger partial charge in [-0.25, -0.2) is 8.78 Å². The Kier molecular flexibility index (Phi) is 5.92. The summed E-state index contributed by atoms with van der Waals surface area (Å²) in [6.45, 7) is 2.51. The average Bonchev–Trinajstić information content (AvgIpc) is 2.67. The summed E-state index contributed by atoms with van der Waals surface area (Å²) in [5, 5.41) is 0. The van der Waals surface area contributed by atoms with Gasteiger partial charge >= 0.3 is 0 Å². The van der Waals surface area contributed by atoms with Gasteiger partial charge in [-0.3, -0.25) is 0 Å². The third-order valence-electron chi connectivity index (χ3n) is 5.21. The summed E-state index contributed by atoms with van der Waals surface area (Å²) < 4.78 is 67.1. The number of halogens is 4. The highest BCUT2D eigenvalue weighted by atomic mass is 19.2. The summed E-state index contributed by atoms with van der Waals surface area (Å²) in [6, 6.07) is 4.76. The molecular formula is C21H22F4O2. The van der Waals surface area contributed by atoms with Crippen LogP contribution in [0.5, 0.6) is 11.5 Å². The van der Waals surface area contributed by atoms with E-state index in [0.717, 1.165) is 31.7 Å². The van der Waals surface area contributed by atoms with Crippen molar-refractivity contribution in [1.29, 1.82) is 0 Å². The molecule has 2 nitrogen and oxygen atoms in total. The summed E-state index contributed by atoms with van der Waals surface area (Å²) in [7, 11) is 1.19. The lowest BCUT2D eigenvalue weighted by atomic mass is 9.83. The fourth-order valence-corrected chi connectivity index (χ4v) is 3.45. The molecule has 2 aromatic rings. The van der Waals surface area contributed by atoms with E-state index in [9.17, 15) is 17.6 Å². The van der Waals surface area contributed by atoms with E-state index in [1.165, 1.54) is 25.3 Å². The van der Waals surface area contributed by atoms with Gasteiger partial charge in [0.15, 0.2) is 23.1 Å². The van der Waals surface area contributed by atoms with E-state index >= 15 is 0 Å². The number of ether oxygens (including phenoxy) is 2. The molecule has 0 aromatic heterocycles. The topological polar surface area (TPSA) is 18.5 Å². The molecule has 0 bridgehead atoms. The monoisotopic (exact) mass is 382 g/mol. The van der Waals surface area contributed by atoms with Gasteiger partial charge in [0.1, 0.15) is 0 Å². The van der Waals surface area contributed by atoms with Crippen molar-refractivity contribution >= 4 is 0 Å². The fraction of sp³-hybridized carbons (Fsp3) is 0.429. The minimum atomic E-state index is -1.29. The second-order valence-electron chi connectivity index (χ2n) is 7.12. The lowest BCUT2D eigenvalue weighted by molar-refractivity contribution is 0.182. The Balaban J connectivity index is 1.80. The van der Waals surface area contributed by atoms with Crippen molar-refractivity contribution in [3.8, 4) is 22.6 Å². The van der Waals surface area contributed by atoms with Crippen LogP contribution >= 0.6 is 0 Å². The Morgan fingerprint density at radius 1 is 0.778 bits per heavy atom. The van der Waals surface area contributed by atoms with E-state index in [1.807, 2.05) is 0 Å². The summed E-state index contributed by atoms with van der Waals surface area (Å²) in [5.74, 6) is -4.53. The largest absolute Gasteiger partial charge is 0.494 e. The van der Waals surface area contributed by atoms with Crippen LogP contribution in [-0.2, 0) is 0 Å². The highest BCUT2D eigenvalue weighted by Gasteiger charge is 2.23. The zero-order valence-electron chi connectivity index (χ0n) is 15.3. The molecule has 0 spiro atoms. The normalized spacial score (nSPS) is 19.8. The molecule has 0 aliphatic heterocycles. The predicted octanol–water partition coefficient (Wildman–Crippen LogP) is 6.12. The molecule has 0 atom stereocenters. The van der Waals surface area contributed by atoms with Gasteiger partial charge in [0.2, 0.25) is 11.6 Å². The molecule has 1 fully saturated rings. The molecule has 0 unspecified atom stereocenters. The average molecular weight is 382 g/mol. The fourth-order valence-electron chi connectivity index (χ4n) is 3.45. The Morgan fingerprint density at radius 2 is 1.30 bits per heavy atom. The van der Waals surface area contributed by atoms with Gasteiger partial charge in [0.25, 0.3) is 0 Å². The maximum absolute atomic E-state index is 14.5. The van der Waals surface area contributed by atoms with E-state index in [-0.39, 0.29) is 22.6 Å². The summed E-state index contributed by atoms with van der Waals surface area (Å²) in [6.07, 6.45) is 4.21. The third-order valence-corrected chi connectivity index (χ3v) is 5.21. The summed E-state index contributed by atoms with van der Waals surface area (Å²) >= 11 is 0. The Labute approximate surface area is 156 Å². The van der Waals surface area contributed by atoms with E-state index in [4.69, 9.17) is 4.74 Å². The Morgan fingerprint density at radius 3 is 1.85 bits per heavy atom. The Hall–Kier alpha value is -2.24. The second kappa shape index (κ2) is 8.19. The first-order valence-corrected chi connectivity index (χ1v) is 9.05. The van der Waals surface area contributed by atoms with Crippen LogP contribution in [0.15, 0.2) is 24.3 Å². The molecule has 0 amide bonds. The SMILES string of the molecule is COc1ccc(-c2ccc(OCC3CCC(C)CC3)c(F)c2F)c(F)c1F. The van der Waals surface area contributed by atoms with Gasteiger partial charge in [-0.2, -0.15) is 8.78 Å². The molecule has 2 aromatic carbocycles. The number of hydrogen-bond donors (Lipinski definition) is 0. The summed E-state index contributed by atoms with van der Waals surface area (Å²) in [4.78, 5) is 0. The van der Waals surface area contributed by atoms with Crippen LogP contribution in [0.25, 0.3) is 11.1 Å². The molecule has 3 rings (SSSR count). The van der Waals surface area contributed by atoms with Crippen molar-refractivity contribution in [2.75, 3.05) is 13.7 Å². The number of rotatable bonds is 5. The van der Waals surface area contributed by atoms with Crippen molar-refractivity contribution in [3.05, 3.63) is 47.5 Å². The van der Waals surface area contributed by atoms with Gasteiger partial charge in [-0.1, -0.05) is 19.8 Å². The number of methoxy groups -OCH3 is 1. The molecule has 0 saturated heterocycles. The van der Waals surface area contributed by atoms with Gasteiger partial charge in [0.05, 0.1) is 13.7 Å². The molecule has 1 saturated carbocycles. The predicted molar refractivity (Wildman–Crippen MR) is 94.9 cm³/mol. The van der Waals surface area contributed by atoms with E-state index < -0.39 is 23.3 Å². The zero-order valence-corrected chi connectivity index (χ0v) is 15.3. The van der Waals surface area contributed by atoms with Crippen molar-refractivity contribution in [2.45, 2.75) is 32.6 Å². The van der Waals surface area contributed by atoms with E-state index in [0.29, 0.717) is 18.4 Å². The quantitative estimate of drug-likeness (QED) is 0.580. The van der Waals surface area contributed by atoms with Crippen LogP contribution in [0.3, 0.4) is 0 Å². The minimum Gasteiger partial charge on any atom is -0.494 e. The lowest BCUT2D eigenvalue weighted by Gasteiger charge is -2.26. The maximum Gasteiger partial charge on any atom is 0.201 e. The van der Waals surface area contributed by atoms with Gasteiger partial charge < -0.3 is 9.47 Å². The van der Waals surface area contributed by atoms with Crippen LogP contribution in [0.1, 0.15) is 32.6 Å². The number of hydrogen-bond acceptors (Lipinski definition) is 2. The van der Waals surface area contributed by atoms with Crippen molar-refractivity contribution in [2.24, 2.45) is 11.8 Å². The number of benzene rings is 2. The van der Waals surface area contributed by atoms with Crippen LogP contribution in [0.2, 0.25) is 0 Å². The molecule has 1 aliphatic carbocycles. The van der Waals surface area contributed by atoms with Gasteiger partial charge in [-0.05, 0) is 48.9 Å². The van der Waals surface area contributed by atoms with Crippen molar-refractivity contribution in [3.63, 3.8) is 0 Å². The van der Waals surface area contributed by atoms with Crippen molar-refractivity contribution in [1.82, 2.24) is 0 Å². The molecular weight excluding hydrogens is 360 g/mol. The molecule has 1 aliphatic rings. The first-order chi connectivity index (χ1) is 12.9. The molecule has 0 N–H and O–H groups in total.